The molecule has 0 spiro atoms. The SMILES string of the molecule is Cc1cc(C)n(CCCNC(=O)CNS(=O)(=O)c2cccs2)n1. The number of sulfonamides is 1. The highest BCUT2D eigenvalue weighted by atomic mass is 32.2. The van der Waals surface area contributed by atoms with Crippen molar-refractivity contribution in [1.82, 2.24) is 19.8 Å². The van der Waals surface area contributed by atoms with Crippen LogP contribution in [0.25, 0.3) is 0 Å². The second kappa shape index (κ2) is 7.71. The number of nitrogens with zero attached hydrogens (tertiary/aromatic N) is 2. The van der Waals surface area contributed by atoms with E-state index in [9.17, 15) is 13.2 Å². The Bertz CT molecular complexity index is 751. The highest BCUT2D eigenvalue weighted by Crippen LogP contribution is 2.14. The molecule has 1 amide bonds. The Morgan fingerprint density at radius 3 is 2.78 bits per heavy atom. The third-order valence-corrected chi connectivity index (χ3v) is 5.95. The standard InChI is InChI=1S/C14H20N4O3S2/c1-11-9-12(2)18(17-11)7-4-6-15-13(19)10-16-23(20,21)14-5-3-8-22-14/h3,5,8-9,16H,4,6-7,10H2,1-2H3,(H,15,19). The number of thiophene rings is 1. The summed E-state index contributed by atoms with van der Waals surface area (Å²) in [5.41, 5.74) is 2.05. The molecule has 2 aromatic rings. The van der Waals surface area contributed by atoms with Crippen molar-refractivity contribution in [1.29, 1.82) is 0 Å². The monoisotopic (exact) mass is 356 g/mol. The number of carbonyl (C=O) groups is 1. The molecule has 0 aliphatic heterocycles. The van der Waals surface area contributed by atoms with E-state index < -0.39 is 10.0 Å². The second-order valence-electron chi connectivity index (χ2n) is 5.11. The molecule has 2 N–H and O–H groups in total. The number of aromatic nitrogens is 2. The first-order chi connectivity index (χ1) is 10.9. The van der Waals surface area contributed by atoms with Crippen molar-refractivity contribution in [3.05, 3.63) is 35.0 Å². The zero-order chi connectivity index (χ0) is 16.9. The second-order valence-corrected chi connectivity index (χ2v) is 8.05. The van der Waals surface area contributed by atoms with Gasteiger partial charge in [-0.2, -0.15) is 5.10 Å². The zero-order valence-electron chi connectivity index (χ0n) is 13.1. The lowest BCUT2D eigenvalue weighted by molar-refractivity contribution is -0.119. The van der Waals surface area contributed by atoms with Gasteiger partial charge in [-0.25, -0.2) is 13.1 Å². The number of hydrogen-bond donors (Lipinski definition) is 2. The molecule has 0 fully saturated rings. The molecule has 0 saturated heterocycles. The summed E-state index contributed by atoms with van der Waals surface area (Å²) in [5, 5.41) is 8.71. The van der Waals surface area contributed by atoms with E-state index >= 15 is 0 Å². The van der Waals surface area contributed by atoms with E-state index in [0.29, 0.717) is 13.1 Å². The smallest absolute Gasteiger partial charge is 0.250 e. The minimum Gasteiger partial charge on any atom is -0.355 e. The first-order valence-corrected chi connectivity index (χ1v) is 9.56. The maximum atomic E-state index is 11.9. The van der Waals surface area contributed by atoms with Crippen LogP contribution in [0.4, 0.5) is 0 Å². The molecule has 2 rings (SSSR count). The Balaban J connectivity index is 1.68. The number of nitrogens with one attached hydrogen (secondary N) is 2. The zero-order valence-corrected chi connectivity index (χ0v) is 14.7. The molecule has 0 radical (unpaired) electrons. The van der Waals surface area contributed by atoms with Gasteiger partial charge in [0.25, 0.3) is 10.0 Å². The Labute approximate surface area is 139 Å². The van der Waals surface area contributed by atoms with Crippen molar-refractivity contribution >= 4 is 27.3 Å². The summed E-state index contributed by atoms with van der Waals surface area (Å²) in [6.45, 7) is 4.84. The lowest BCUT2D eigenvalue weighted by Gasteiger charge is -2.07. The van der Waals surface area contributed by atoms with Crippen molar-refractivity contribution in [2.75, 3.05) is 13.1 Å². The molecule has 0 saturated carbocycles. The van der Waals surface area contributed by atoms with Crippen molar-refractivity contribution in [2.45, 2.75) is 31.0 Å². The van der Waals surface area contributed by atoms with Gasteiger partial charge in [0.2, 0.25) is 5.91 Å². The molecular formula is C14H20N4O3S2. The molecule has 126 valence electrons. The van der Waals surface area contributed by atoms with Gasteiger partial charge in [0.15, 0.2) is 0 Å². The number of carbonyl (C=O) groups excluding carboxylic acids is 1. The van der Waals surface area contributed by atoms with Crippen LogP contribution >= 0.6 is 11.3 Å². The molecule has 0 bridgehead atoms. The van der Waals surface area contributed by atoms with Gasteiger partial charge in [-0.3, -0.25) is 9.48 Å². The van der Waals surface area contributed by atoms with Gasteiger partial charge in [0.05, 0.1) is 12.2 Å². The Kier molecular flexibility index (Phi) is 5.91. The van der Waals surface area contributed by atoms with Crippen molar-refractivity contribution in [3.8, 4) is 0 Å². The summed E-state index contributed by atoms with van der Waals surface area (Å²) in [6, 6.07) is 5.15. The van der Waals surface area contributed by atoms with Gasteiger partial charge in [-0.1, -0.05) is 6.07 Å². The van der Waals surface area contributed by atoms with Crippen LogP contribution in [0.3, 0.4) is 0 Å². The normalized spacial score (nSPS) is 11.6. The van der Waals surface area contributed by atoms with Crippen LogP contribution < -0.4 is 10.0 Å². The quantitative estimate of drug-likeness (QED) is 0.691. The minimum atomic E-state index is -3.59. The fraction of sp³-hybridized carbons (Fsp3) is 0.429. The fourth-order valence-corrected chi connectivity index (χ4v) is 4.09. The largest absolute Gasteiger partial charge is 0.355 e. The van der Waals surface area contributed by atoms with Crippen LogP contribution in [0.5, 0.6) is 0 Å². The summed E-state index contributed by atoms with van der Waals surface area (Å²) in [4.78, 5) is 11.7. The molecular weight excluding hydrogens is 336 g/mol. The van der Waals surface area contributed by atoms with Crippen LogP contribution in [0.1, 0.15) is 17.8 Å². The summed E-state index contributed by atoms with van der Waals surface area (Å²) in [7, 11) is -3.59. The third kappa shape index (κ3) is 5.15. The van der Waals surface area contributed by atoms with Crippen molar-refractivity contribution < 1.29 is 13.2 Å². The number of hydrogen-bond acceptors (Lipinski definition) is 5. The minimum absolute atomic E-state index is 0.204. The van der Waals surface area contributed by atoms with Gasteiger partial charge in [-0.05, 0) is 37.8 Å². The lowest BCUT2D eigenvalue weighted by atomic mass is 10.4. The number of rotatable bonds is 8. The van der Waals surface area contributed by atoms with E-state index in [1.165, 1.54) is 6.07 Å². The molecule has 0 aliphatic rings. The van der Waals surface area contributed by atoms with E-state index in [1.807, 2.05) is 24.6 Å². The molecule has 2 aromatic heterocycles. The Morgan fingerprint density at radius 1 is 1.39 bits per heavy atom. The summed E-state index contributed by atoms with van der Waals surface area (Å²) < 4.78 is 28.1. The van der Waals surface area contributed by atoms with E-state index in [0.717, 1.165) is 29.1 Å². The van der Waals surface area contributed by atoms with E-state index in [1.54, 1.807) is 11.4 Å². The van der Waals surface area contributed by atoms with E-state index in [2.05, 4.69) is 15.1 Å². The maximum Gasteiger partial charge on any atom is 0.250 e. The lowest BCUT2D eigenvalue weighted by Crippen LogP contribution is -2.37. The van der Waals surface area contributed by atoms with Crippen molar-refractivity contribution in [3.63, 3.8) is 0 Å². The molecule has 0 atom stereocenters. The predicted octanol–water partition coefficient (Wildman–Crippen LogP) is 1.05. The van der Waals surface area contributed by atoms with Gasteiger partial charge >= 0.3 is 0 Å². The summed E-state index contributed by atoms with van der Waals surface area (Å²) >= 11 is 1.11. The van der Waals surface area contributed by atoms with Crippen molar-refractivity contribution in [2.24, 2.45) is 0 Å². The molecule has 2 heterocycles. The first-order valence-electron chi connectivity index (χ1n) is 7.19. The number of amides is 1. The van der Waals surface area contributed by atoms with Crippen LogP contribution in [0, 0.1) is 13.8 Å². The Hall–Kier alpha value is -1.71. The molecule has 0 unspecified atom stereocenters. The summed E-state index contributed by atoms with van der Waals surface area (Å²) in [6.07, 6.45) is 0.728. The van der Waals surface area contributed by atoms with Gasteiger partial charge in [0.1, 0.15) is 4.21 Å². The average Bonchev–Trinajstić information content (AvgIpc) is 3.12. The highest BCUT2D eigenvalue weighted by Gasteiger charge is 2.15. The molecule has 9 heteroatoms. The van der Waals surface area contributed by atoms with Crippen LogP contribution in [0.15, 0.2) is 27.8 Å². The first kappa shape index (κ1) is 17.6. The highest BCUT2D eigenvalue weighted by molar-refractivity contribution is 7.91. The van der Waals surface area contributed by atoms with Gasteiger partial charge in [-0.15, -0.1) is 11.3 Å². The molecule has 7 nitrogen and oxygen atoms in total. The van der Waals surface area contributed by atoms with Gasteiger partial charge < -0.3 is 5.32 Å². The summed E-state index contributed by atoms with van der Waals surface area (Å²) in [5.74, 6) is -0.349. The van der Waals surface area contributed by atoms with Gasteiger partial charge in [0, 0.05) is 18.8 Å². The van der Waals surface area contributed by atoms with E-state index in [4.69, 9.17) is 0 Å². The topological polar surface area (TPSA) is 93.1 Å². The Morgan fingerprint density at radius 2 is 2.17 bits per heavy atom. The maximum absolute atomic E-state index is 11.9. The molecule has 0 aliphatic carbocycles. The molecule has 23 heavy (non-hydrogen) atoms. The van der Waals surface area contributed by atoms with Crippen LogP contribution in [0.2, 0.25) is 0 Å². The number of aryl methyl sites for hydroxylation is 3. The molecule has 0 aromatic carbocycles. The fourth-order valence-electron chi connectivity index (χ4n) is 2.07. The van der Waals surface area contributed by atoms with E-state index in [-0.39, 0.29) is 16.7 Å². The van der Waals surface area contributed by atoms with Crippen LogP contribution in [-0.2, 0) is 21.4 Å². The predicted molar refractivity (Wildman–Crippen MR) is 88.8 cm³/mol. The third-order valence-electron chi connectivity index (χ3n) is 3.15. The average molecular weight is 356 g/mol. The van der Waals surface area contributed by atoms with Crippen LogP contribution in [-0.4, -0.2) is 37.2 Å².